The van der Waals surface area contributed by atoms with Gasteiger partial charge in [0.15, 0.2) is 11.7 Å². The zero-order valence-corrected chi connectivity index (χ0v) is 13.5. The van der Waals surface area contributed by atoms with Crippen LogP contribution in [-0.2, 0) is 11.2 Å². The lowest BCUT2D eigenvalue weighted by molar-refractivity contribution is -0.118. The van der Waals surface area contributed by atoms with E-state index in [-0.39, 0.29) is 12.5 Å². The van der Waals surface area contributed by atoms with E-state index in [2.05, 4.69) is 33.2 Å². The van der Waals surface area contributed by atoms with E-state index in [1.165, 1.54) is 16.9 Å². The first-order chi connectivity index (χ1) is 9.69. The second kappa shape index (κ2) is 7.40. The van der Waals surface area contributed by atoms with Gasteiger partial charge in [-0.2, -0.15) is 0 Å². The van der Waals surface area contributed by atoms with Gasteiger partial charge >= 0.3 is 0 Å². The van der Waals surface area contributed by atoms with Crippen LogP contribution < -0.4 is 10.1 Å². The van der Waals surface area contributed by atoms with Crippen LogP contribution in [0.25, 0.3) is 0 Å². The molecule has 0 saturated carbocycles. The topological polar surface area (TPSA) is 51.2 Å². The number of rotatable bonds is 6. The fourth-order valence-electron chi connectivity index (χ4n) is 1.69. The number of thiazole rings is 1. The van der Waals surface area contributed by atoms with E-state index in [1.54, 1.807) is 11.6 Å². The van der Waals surface area contributed by atoms with E-state index in [0.29, 0.717) is 10.9 Å². The Labute approximate surface area is 130 Å². The number of amides is 1. The van der Waals surface area contributed by atoms with Crippen LogP contribution in [0.15, 0.2) is 34.2 Å². The van der Waals surface area contributed by atoms with Crippen LogP contribution in [0.5, 0.6) is 5.75 Å². The highest BCUT2D eigenvalue weighted by molar-refractivity contribution is 9.10. The van der Waals surface area contributed by atoms with Crippen molar-refractivity contribution < 1.29 is 9.53 Å². The number of anilines is 1. The molecule has 1 aromatic carbocycles. The van der Waals surface area contributed by atoms with E-state index in [1.807, 2.05) is 18.2 Å². The van der Waals surface area contributed by atoms with Gasteiger partial charge in [-0.15, -0.1) is 11.3 Å². The van der Waals surface area contributed by atoms with Gasteiger partial charge < -0.3 is 4.74 Å². The summed E-state index contributed by atoms with van der Waals surface area (Å²) in [5, 5.41) is 5.06. The number of carbonyl (C=O) groups excluding carboxylic acids is 1. The number of carbonyl (C=O) groups is 1. The summed E-state index contributed by atoms with van der Waals surface area (Å²) in [5.41, 5.74) is 1.25. The highest BCUT2D eigenvalue weighted by Crippen LogP contribution is 2.26. The first kappa shape index (κ1) is 15.0. The minimum Gasteiger partial charge on any atom is -0.483 e. The maximum atomic E-state index is 11.7. The van der Waals surface area contributed by atoms with Gasteiger partial charge in [0.05, 0.1) is 4.47 Å². The molecule has 0 spiro atoms. The molecular weight excluding hydrogens is 340 g/mol. The van der Waals surface area contributed by atoms with Gasteiger partial charge in [-0.05, 0) is 40.0 Å². The van der Waals surface area contributed by atoms with Crippen LogP contribution in [-0.4, -0.2) is 17.5 Å². The Kier molecular flexibility index (Phi) is 5.55. The van der Waals surface area contributed by atoms with Gasteiger partial charge in [0, 0.05) is 11.6 Å². The standard InChI is InChI=1S/C14H15BrN2O2S/c1-2-3-10-4-5-12(11(15)8-10)19-9-13(18)17-14-16-6-7-20-14/h4-8H,2-3,9H2,1H3,(H,16,17,18). The third-order valence-corrected chi connectivity index (χ3v) is 3.88. The number of halogens is 1. The molecule has 1 heterocycles. The van der Waals surface area contributed by atoms with Gasteiger partial charge in [0.25, 0.3) is 5.91 Å². The fourth-order valence-corrected chi connectivity index (χ4v) is 2.78. The molecule has 2 aromatic rings. The summed E-state index contributed by atoms with van der Waals surface area (Å²) in [6, 6.07) is 5.92. The number of nitrogens with zero attached hydrogens (tertiary/aromatic N) is 1. The van der Waals surface area contributed by atoms with E-state index in [4.69, 9.17) is 4.74 Å². The second-order valence-corrected chi connectivity index (χ2v) is 5.94. The highest BCUT2D eigenvalue weighted by Gasteiger charge is 2.07. The monoisotopic (exact) mass is 354 g/mol. The van der Waals surface area contributed by atoms with Crippen molar-refractivity contribution in [2.45, 2.75) is 19.8 Å². The molecule has 0 bridgehead atoms. The molecule has 2 rings (SSSR count). The van der Waals surface area contributed by atoms with E-state index < -0.39 is 0 Å². The zero-order chi connectivity index (χ0) is 14.4. The van der Waals surface area contributed by atoms with Gasteiger partial charge in [0.1, 0.15) is 5.75 Å². The van der Waals surface area contributed by atoms with Crippen LogP contribution in [0.2, 0.25) is 0 Å². The summed E-state index contributed by atoms with van der Waals surface area (Å²) >= 11 is 4.84. The Balaban J connectivity index is 1.88. The van der Waals surface area contributed by atoms with Crippen molar-refractivity contribution in [3.05, 3.63) is 39.8 Å². The van der Waals surface area contributed by atoms with Crippen LogP contribution in [0.3, 0.4) is 0 Å². The Hall–Kier alpha value is -1.40. The van der Waals surface area contributed by atoms with Crippen LogP contribution in [0.1, 0.15) is 18.9 Å². The molecule has 0 aliphatic heterocycles. The van der Waals surface area contributed by atoms with Crippen molar-refractivity contribution in [2.24, 2.45) is 0 Å². The summed E-state index contributed by atoms with van der Waals surface area (Å²) in [6.07, 6.45) is 3.77. The second-order valence-electron chi connectivity index (χ2n) is 4.19. The van der Waals surface area contributed by atoms with Gasteiger partial charge in [-0.3, -0.25) is 10.1 Å². The maximum absolute atomic E-state index is 11.7. The van der Waals surface area contributed by atoms with Crippen molar-refractivity contribution in [3.8, 4) is 5.75 Å². The molecule has 0 aliphatic rings. The summed E-state index contributed by atoms with van der Waals surface area (Å²) < 4.78 is 6.36. The molecule has 0 saturated heterocycles. The molecule has 0 radical (unpaired) electrons. The van der Waals surface area contributed by atoms with Gasteiger partial charge in [-0.25, -0.2) is 4.98 Å². The summed E-state index contributed by atoms with van der Waals surface area (Å²) in [6.45, 7) is 2.10. The lowest BCUT2D eigenvalue weighted by Crippen LogP contribution is -2.20. The maximum Gasteiger partial charge on any atom is 0.264 e. The van der Waals surface area contributed by atoms with Crippen LogP contribution >= 0.6 is 27.3 Å². The molecule has 0 unspecified atom stereocenters. The predicted octanol–water partition coefficient (Wildman–Crippen LogP) is 3.88. The molecule has 0 aliphatic carbocycles. The summed E-state index contributed by atoms with van der Waals surface area (Å²) in [5.74, 6) is 0.448. The van der Waals surface area contributed by atoms with Crippen LogP contribution in [0.4, 0.5) is 5.13 Å². The number of hydrogen-bond donors (Lipinski definition) is 1. The molecule has 1 aromatic heterocycles. The normalized spacial score (nSPS) is 10.3. The molecule has 6 heteroatoms. The smallest absolute Gasteiger partial charge is 0.264 e. The fraction of sp³-hybridized carbons (Fsp3) is 0.286. The Bertz CT molecular complexity index is 573. The molecule has 0 fully saturated rings. The molecule has 0 atom stereocenters. The predicted molar refractivity (Wildman–Crippen MR) is 84.4 cm³/mol. The Morgan fingerprint density at radius 2 is 2.35 bits per heavy atom. The van der Waals surface area contributed by atoms with E-state index >= 15 is 0 Å². The van der Waals surface area contributed by atoms with Crippen molar-refractivity contribution >= 4 is 38.3 Å². The molecule has 1 N–H and O–H groups in total. The first-order valence-corrected chi connectivity index (χ1v) is 7.97. The minimum absolute atomic E-state index is 0.0364. The molecule has 4 nitrogen and oxygen atoms in total. The van der Waals surface area contributed by atoms with Crippen LogP contribution in [0, 0.1) is 0 Å². The number of aryl methyl sites for hydroxylation is 1. The molecule has 20 heavy (non-hydrogen) atoms. The third-order valence-electron chi connectivity index (χ3n) is 2.57. The first-order valence-electron chi connectivity index (χ1n) is 6.29. The van der Waals surface area contributed by atoms with E-state index in [0.717, 1.165) is 17.3 Å². The summed E-state index contributed by atoms with van der Waals surface area (Å²) in [4.78, 5) is 15.7. The average molecular weight is 355 g/mol. The van der Waals surface area contributed by atoms with E-state index in [9.17, 15) is 4.79 Å². The number of hydrogen-bond acceptors (Lipinski definition) is 4. The lowest BCUT2D eigenvalue weighted by Gasteiger charge is -2.09. The number of nitrogens with one attached hydrogen (secondary N) is 1. The van der Waals surface area contributed by atoms with Gasteiger partial charge in [0.2, 0.25) is 0 Å². The number of benzene rings is 1. The van der Waals surface area contributed by atoms with Gasteiger partial charge in [-0.1, -0.05) is 19.4 Å². The van der Waals surface area contributed by atoms with Crippen molar-refractivity contribution in [1.82, 2.24) is 4.98 Å². The minimum atomic E-state index is -0.218. The summed E-state index contributed by atoms with van der Waals surface area (Å²) in [7, 11) is 0. The third kappa shape index (κ3) is 4.31. The quantitative estimate of drug-likeness (QED) is 0.856. The molecule has 1 amide bonds. The van der Waals surface area contributed by atoms with Crippen molar-refractivity contribution in [3.63, 3.8) is 0 Å². The molecule has 106 valence electrons. The number of aromatic nitrogens is 1. The zero-order valence-electron chi connectivity index (χ0n) is 11.1. The van der Waals surface area contributed by atoms with Crippen molar-refractivity contribution in [2.75, 3.05) is 11.9 Å². The Morgan fingerprint density at radius 1 is 1.50 bits per heavy atom. The number of ether oxygens (including phenoxy) is 1. The van der Waals surface area contributed by atoms with Crippen molar-refractivity contribution in [1.29, 1.82) is 0 Å². The average Bonchev–Trinajstić information content (AvgIpc) is 2.91. The molecular formula is C14H15BrN2O2S. The largest absolute Gasteiger partial charge is 0.483 e. The Morgan fingerprint density at radius 3 is 3.00 bits per heavy atom. The SMILES string of the molecule is CCCc1ccc(OCC(=O)Nc2nccs2)c(Br)c1. The lowest BCUT2D eigenvalue weighted by atomic mass is 10.1. The highest BCUT2D eigenvalue weighted by atomic mass is 79.9.